The predicted molar refractivity (Wildman–Crippen MR) is 150 cm³/mol. The summed E-state index contributed by atoms with van der Waals surface area (Å²) < 4.78 is 1.81. The van der Waals surface area contributed by atoms with Gasteiger partial charge in [0.05, 0.1) is 5.56 Å². The third kappa shape index (κ3) is 4.93. The van der Waals surface area contributed by atoms with Gasteiger partial charge in [0.25, 0.3) is 5.56 Å². The summed E-state index contributed by atoms with van der Waals surface area (Å²) in [4.78, 5) is 34.4. The Morgan fingerprint density at radius 3 is 2.65 bits per heavy atom. The number of anilines is 2. The SMILES string of the molecule is N#Cc1nccc(NC2CCN(Cc3ccc(-n4c(-c5cccnc5N)nc5cc(O)c(=O)[nH]c54)cc3)CC2)n1. The summed E-state index contributed by atoms with van der Waals surface area (Å²) in [5.41, 5.74) is 9.01. The third-order valence-electron chi connectivity index (χ3n) is 7.02. The first-order chi connectivity index (χ1) is 19.5. The van der Waals surface area contributed by atoms with Crippen molar-refractivity contribution in [2.45, 2.75) is 25.4 Å². The Hall–Kier alpha value is -5.28. The number of pyridine rings is 2. The molecule has 12 heteroatoms. The van der Waals surface area contributed by atoms with Crippen LogP contribution in [0, 0.1) is 11.3 Å². The van der Waals surface area contributed by atoms with Crippen LogP contribution in [0.5, 0.6) is 5.75 Å². The number of nitrogen functional groups attached to an aromatic ring is 1. The van der Waals surface area contributed by atoms with Crippen molar-refractivity contribution in [3.63, 3.8) is 0 Å². The topological polar surface area (TPSA) is 175 Å². The number of hydrogen-bond acceptors (Lipinski definition) is 10. The molecule has 1 aliphatic rings. The number of fused-ring (bicyclic) bond motifs is 1. The second-order valence-corrected chi connectivity index (χ2v) is 9.66. The minimum absolute atomic E-state index is 0.162. The monoisotopic (exact) mass is 534 g/mol. The minimum Gasteiger partial charge on any atom is -0.503 e. The molecular weight excluding hydrogens is 508 g/mol. The number of benzene rings is 1. The molecule has 0 spiro atoms. The molecule has 6 rings (SSSR count). The molecule has 0 bridgehead atoms. The van der Waals surface area contributed by atoms with Gasteiger partial charge in [-0.05, 0) is 48.7 Å². The number of likely N-dealkylation sites (tertiary alicyclic amines) is 1. The van der Waals surface area contributed by atoms with E-state index in [4.69, 9.17) is 11.0 Å². The number of aromatic nitrogens is 6. The summed E-state index contributed by atoms with van der Waals surface area (Å²) in [5.74, 6) is 1.26. The molecule has 0 aliphatic carbocycles. The summed E-state index contributed by atoms with van der Waals surface area (Å²) in [6.07, 6.45) is 5.12. The first kappa shape index (κ1) is 25.0. The van der Waals surface area contributed by atoms with Gasteiger partial charge in [-0.1, -0.05) is 12.1 Å². The Morgan fingerprint density at radius 2 is 1.90 bits per heavy atom. The van der Waals surface area contributed by atoms with Gasteiger partial charge in [-0.2, -0.15) is 5.26 Å². The molecule has 5 N–H and O–H groups in total. The fraction of sp³-hybridized carbons (Fsp3) is 0.214. The average Bonchev–Trinajstić information content (AvgIpc) is 3.32. The molecule has 0 unspecified atom stereocenters. The van der Waals surface area contributed by atoms with Gasteiger partial charge in [0.1, 0.15) is 28.9 Å². The molecule has 1 fully saturated rings. The van der Waals surface area contributed by atoms with Crippen LogP contribution in [-0.4, -0.2) is 58.6 Å². The van der Waals surface area contributed by atoms with Gasteiger partial charge in [-0.25, -0.2) is 19.9 Å². The van der Waals surface area contributed by atoms with Gasteiger partial charge in [0.15, 0.2) is 11.6 Å². The van der Waals surface area contributed by atoms with E-state index in [1.807, 2.05) is 28.8 Å². The van der Waals surface area contributed by atoms with E-state index in [1.54, 1.807) is 24.5 Å². The third-order valence-corrected chi connectivity index (χ3v) is 7.02. The standard InChI is InChI=1S/C28H26N10O2/c29-15-24-31-11-7-23(35-24)33-18-8-12-37(13-9-18)16-17-3-5-19(6-4-17)38-26(20-2-1-10-32-25(20)30)34-21-14-22(39)28(40)36-27(21)38/h1-7,10-11,14,18,39H,8-9,12-13,16H2,(H2,30,32)(H,36,40)(H,31,33,35). The number of nitrogens with one attached hydrogen (secondary N) is 2. The van der Waals surface area contributed by atoms with E-state index < -0.39 is 11.3 Å². The molecule has 1 saturated heterocycles. The van der Waals surface area contributed by atoms with Gasteiger partial charge >= 0.3 is 0 Å². The Bertz CT molecular complexity index is 1780. The van der Waals surface area contributed by atoms with Crippen LogP contribution in [0.4, 0.5) is 11.6 Å². The van der Waals surface area contributed by atoms with E-state index in [2.05, 4.69) is 47.3 Å². The second-order valence-electron chi connectivity index (χ2n) is 9.66. The average molecular weight is 535 g/mol. The van der Waals surface area contributed by atoms with Crippen molar-refractivity contribution < 1.29 is 5.11 Å². The first-order valence-corrected chi connectivity index (χ1v) is 12.9. The smallest absolute Gasteiger partial charge is 0.291 e. The molecule has 0 atom stereocenters. The Balaban J connectivity index is 1.20. The molecule has 0 amide bonds. The number of aromatic amines is 1. The quantitative estimate of drug-likeness (QED) is 0.253. The number of nitriles is 1. The van der Waals surface area contributed by atoms with Gasteiger partial charge < -0.3 is 21.1 Å². The van der Waals surface area contributed by atoms with Crippen LogP contribution in [0.25, 0.3) is 28.2 Å². The van der Waals surface area contributed by atoms with Crippen LogP contribution in [0.3, 0.4) is 0 Å². The lowest BCUT2D eigenvalue weighted by atomic mass is 10.0. The lowest BCUT2D eigenvalue weighted by Crippen LogP contribution is -2.38. The largest absolute Gasteiger partial charge is 0.503 e. The maximum Gasteiger partial charge on any atom is 0.291 e. The minimum atomic E-state index is -0.598. The zero-order chi connectivity index (χ0) is 27.6. The molecule has 5 aromatic rings. The highest BCUT2D eigenvalue weighted by Gasteiger charge is 2.21. The zero-order valence-corrected chi connectivity index (χ0v) is 21.4. The van der Waals surface area contributed by atoms with Crippen molar-refractivity contribution in [2.75, 3.05) is 24.1 Å². The summed E-state index contributed by atoms with van der Waals surface area (Å²) in [5, 5.41) is 22.4. The van der Waals surface area contributed by atoms with Crippen molar-refractivity contribution in [1.82, 2.24) is 34.4 Å². The van der Waals surface area contributed by atoms with Crippen molar-refractivity contribution in [3.05, 3.63) is 82.7 Å². The lowest BCUT2D eigenvalue weighted by Gasteiger charge is -2.32. The highest BCUT2D eigenvalue weighted by molar-refractivity contribution is 5.83. The number of imidazole rings is 1. The molecule has 4 aromatic heterocycles. The van der Waals surface area contributed by atoms with E-state index in [-0.39, 0.29) is 11.9 Å². The van der Waals surface area contributed by atoms with E-state index in [1.165, 1.54) is 6.07 Å². The summed E-state index contributed by atoms with van der Waals surface area (Å²) in [6, 6.07) is 17.1. The number of aromatic hydroxyl groups is 1. The van der Waals surface area contributed by atoms with E-state index in [0.717, 1.165) is 43.7 Å². The van der Waals surface area contributed by atoms with Crippen LogP contribution >= 0.6 is 0 Å². The Labute approximate surface area is 228 Å². The zero-order valence-electron chi connectivity index (χ0n) is 21.4. The van der Waals surface area contributed by atoms with Crippen molar-refractivity contribution in [2.24, 2.45) is 0 Å². The van der Waals surface area contributed by atoms with Gasteiger partial charge in [0.2, 0.25) is 5.82 Å². The summed E-state index contributed by atoms with van der Waals surface area (Å²) in [7, 11) is 0. The number of hydrogen-bond donors (Lipinski definition) is 4. The highest BCUT2D eigenvalue weighted by Crippen LogP contribution is 2.30. The maximum atomic E-state index is 12.2. The van der Waals surface area contributed by atoms with Crippen LogP contribution in [0.1, 0.15) is 24.2 Å². The molecule has 40 heavy (non-hydrogen) atoms. The fourth-order valence-corrected chi connectivity index (χ4v) is 5.01. The first-order valence-electron chi connectivity index (χ1n) is 12.9. The van der Waals surface area contributed by atoms with Gasteiger partial charge in [-0.15, -0.1) is 0 Å². The normalized spacial score (nSPS) is 14.3. The number of nitrogens with two attached hydrogens (primary N) is 1. The van der Waals surface area contributed by atoms with E-state index in [0.29, 0.717) is 34.2 Å². The molecule has 12 nitrogen and oxygen atoms in total. The van der Waals surface area contributed by atoms with E-state index >= 15 is 0 Å². The highest BCUT2D eigenvalue weighted by atomic mass is 16.3. The Morgan fingerprint density at radius 1 is 1.10 bits per heavy atom. The number of H-pyrrole nitrogens is 1. The van der Waals surface area contributed by atoms with Gasteiger partial charge in [-0.3, -0.25) is 14.3 Å². The molecular formula is C28H26N10O2. The lowest BCUT2D eigenvalue weighted by molar-refractivity contribution is 0.211. The molecule has 0 radical (unpaired) electrons. The number of nitrogens with zero attached hydrogens (tertiary/aromatic N) is 7. The van der Waals surface area contributed by atoms with Crippen LogP contribution < -0.4 is 16.6 Å². The molecule has 0 saturated carbocycles. The van der Waals surface area contributed by atoms with Gasteiger partial charge in [0, 0.05) is 49.8 Å². The molecule has 1 aromatic carbocycles. The molecule has 5 heterocycles. The summed E-state index contributed by atoms with van der Waals surface area (Å²) >= 11 is 0. The molecule has 200 valence electrons. The fourth-order valence-electron chi connectivity index (χ4n) is 5.01. The Kier molecular flexibility index (Phi) is 6.55. The summed E-state index contributed by atoms with van der Waals surface area (Å²) in [6.45, 7) is 2.66. The number of rotatable bonds is 6. The van der Waals surface area contributed by atoms with Crippen molar-refractivity contribution >= 4 is 22.8 Å². The van der Waals surface area contributed by atoms with Crippen LogP contribution in [0.2, 0.25) is 0 Å². The van der Waals surface area contributed by atoms with Crippen molar-refractivity contribution in [3.8, 4) is 28.9 Å². The van der Waals surface area contributed by atoms with Crippen LogP contribution in [0.15, 0.2) is 65.7 Å². The second kappa shape index (κ2) is 10.5. The van der Waals surface area contributed by atoms with Crippen LogP contribution in [-0.2, 0) is 6.54 Å². The number of piperidine rings is 1. The maximum absolute atomic E-state index is 12.2. The van der Waals surface area contributed by atoms with Crippen molar-refractivity contribution in [1.29, 1.82) is 5.26 Å². The predicted octanol–water partition coefficient (Wildman–Crippen LogP) is 2.80. The molecule has 1 aliphatic heterocycles. The van der Waals surface area contributed by atoms with E-state index in [9.17, 15) is 9.90 Å².